The van der Waals surface area contributed by atoms with Gasteiger partial charge in [-0.25, -0.2) is 4.79 Å². The van der Waals surface area contributed by atoms with Crippen LogP contribution in [0.2, 0.25) is 0 Å². The molecule has 0 heterocycles. The number of hydrogen-bond acceptors (Lipinski definition) is 8. The van der Waals surface area contributed by atoms with Crippen LogP contribution in [0.15, 0.2) is 12.1 Å². The minimum absolute atomic E-state index is 0.100. The van der Waals surface area contributed by atoms with Crippen LogP contribution in [0.5, 0.6) is 17.2 Å². The van der Waals surface area contributed by atoms with Crippen molar-refractivity contribution in [1.82, 2.24) is 0 Å². The van der Waals surface area contributed by atoms with E-state index in [9.17, 15) is 9.59 Å². The first kappa shape index (κ1) is 22.0. The standard InChI is InChI=1S/C19H24N2O6/c1-5-24-16-8-13(9-17(25-6-2)18(16)26-7-3)19(23)27-11-15(22)14(10-20)12(4)21/h8-9,14,21H,5-7,11H2,1-4H3/t14-/m1/s1. The first-order valence-electron chi connectivity index (χ1n) is 8.60. The van der Waals surface area contributed by atoms with E-state index in [0.29, 0.717) is 37.1 Å². The second-order valence-electron chi connectivity index (χ2n) is 5.39. The maximum absolute atomic E-state index is 12.3. The quantitative estimate of drug-likeness (QED) is 0.466. The maximum Gasteiger partial charge on any atom is 0.338 e. The molecule has 27 heavy (non-hydrogen) atoms. The number of hydrogen-bond donors (Lipinski definition) is 1. The van der Waals surface area contributed by atoms with E-state index in [0.717, 1.165) is 0 Å². The molecule has 0 radical (unpaired) electrons. The minimum atomic E-state index is -1.23. The van der Waals surface area contributed by atoms with Gasteiger partial charge in [-0.3, -0.25) is 4.79 Å². The normalized spacial score (nSPS) is 11.1. The SMILES string of the molecule is CCOc1cc(C(=O)OCC(=O)[C@H](C#N)C(C)=N)cc(OCC)c1OCC. The van der Waals surface area contributed by atoms with Gasteiger partial charge in [-0.1, -0.05) is 0 Å². The summed E-state index contributed by atoms with van der Waals surface area (Å²) >= 11 is 0. The Morgan fingerprint density at radius 1 is 1.07 bits per heavy atom. The molecule has 0 saturated heterocycles. The lowest BCUT2D eigenvalue weighted by atomic mass is 10.0. The van der Waals surface area contributed by atoms with E-state index >= 15 is 0 Å². The molecule has 0 aliphatic rings. The molecule has 0 saturated carbocycles. The zero-order valence-corrected chi connectivity index (χ0v) is 16.0. The largest absolute Gasteiger partial charge is 0.490 e. The zero-order chi connectivity index (χ0) is 20.4. The number of rotatable bonds is 11. The van der Waals surface area contributed by atoms with Gasteiger partial charge >= 0.3 is 5.97 Å². The number of ether oxygens (including phenoxy) is 4. The van der Waals surface area contributed by atoms with Crippen molar-refractivity contribution >= 4 is 17.5 Å². The van der Waals surface area contributed by atoms with Gasteiger partial charge in [0.2, 0.25) is 5.75 Å². The smallest absolute Gasteiger partial charge is 0.338 e. The third-order valence-electron chi connectivity index (χ3n) is 3.37. The van der Waals surface area contributed by atoms with E-state index in [1.807, 2.05) is 6.92 Å². The molecule has 0 fully saturated rings. The molecule has 8 heteroatoms. The molecule has 0 bridgehead atoms. The molecular formula is C19H24N2O6. The Bertz CT molecular complexity index is 711. The highest BCUT2D eigenvalue weighted by molar-refractivity contribution is 6.06. The van der Waals surface area contributed by atoms with Crippen LogP contribution >= 0.6 is 0 Å². The summed E-state index contributed by atoms with van der Waals surface area (Å²) in [6, 6.07) is 4.62. The zero-order valence-electron chi connectivity index (χ0n) is 16.0. The van der Waals surface area contributed by atoms with E-state index in [1.165, 1.54) is 19.1 Å². The predicted octanol–water partition coefficient (Wildman–Crippen LogP) is 2.79. The molecular weight excluding hydrogens is 352 g/mol. The van der Waals surface area contributed by atoms with E-state index in [2.05, 4.69) is 0 Å². The third kappa shape index (κ3) is 5.99. The van der Waals surface area contributed by atoms with E-state index in [-0.39, 0.29) is 11.3 Å². The van der Waals surface area contributed by atoms with Gasteiger partial charge < -0.3 is 24.4 Å². The molecule has 0 aliphatic heterocycles. The van der Waals surface area contributed by atoms with Crippen molar-refractivity contribution in [3.05, 3.63) is 17.7 Å². The van der Waals surface area contributed by atoms with Crippen LogP contribution in [-0.2, 0) is 9.53 Å². The fraction of sp³-hybridized carbons (Fsp3) is 0.474. The first-order valence-corrected chi connectivity index (χ1v) is 8.60. The summed E-state index contributed by atoms with van der Waals surface area (Å²) in [5, 5.41) is 16.3. The lowest BCUT2D eigenvalue weighted by molar-refractivity contribution is -0.122. The Kier molecular flexibility index (Phi) is 8.79. The van der Waals surface area contributed by atoms with Gasteiger partial charge in [0, 0.05) is 5.71 Å². The van der Waals surface area contributed by atoms with Crippen molar-refractivity contribution < 1.29 is 28.5 Å². The molecule has 1 rings (SSSR count). The lowest BCUT2D eigenvalue weighted by Gasteiger charge is -2.17. The van der Waals surface area contributed by atoms with Crippen LogP contribution in [0.1, 0.15) is 38.1 Å². The summed E-state index contributed by atoms with van der Waals surface area (Å²) in [4.78, 5) is 24.3. The first-order chi connectivity index (χ1) is 12.9. The van der Waals surface area contributed by atoms with Crippen molar-refractivity contribution in [2.45, 2.75) is 27.7 Å². The average Bonchev–Trinajstić information content (AvgIpc) is 2.62. The number of carbonyl (C=O) groups is 2. The maximum atomic E-state index is 12.3. The van der Waals surface area contributed by atoms with E-state index in [4.69, 9.17) is 29.6 Å². The number of nitriles is 1. The van der Waals surface area contributed by atoms with Crippen molar-refractivity contribution in [2.24, 2.45) is 5.92 Å². The molecule has 8 nitrogen and oxygen atoms in total. The highest BCUT2D eigenvalue weighted by Crippen LogP contribution is 2.39. The Morgan fingerprint density at radius 3 is 2.00 bits per heavy atom. The van der Waals surface area contributed by atoms with E-state index in [1.54, 1.807) is 19.9 Å². The minimum Gasteiger partial charge on any atom is -0.490 e. The van der Waals surface area contributed by atoms with E-state index < -0.39 is 24.3 Å². The molecule has 146 valence electrons. The third-order valence-corrected chi connectivity index (χ3v) is 3.37. The highest BCUT2D eigenvalue weighted by Gasteiger charge is 2.23. The number of nitrogens with zero attached hydrogens (tertiary/aromatic N) is 1. The second-order valence-corrected chi connectivity index (χ2v) is 5.39. The Hall–Kier alpha value is -3.08. The van der Waals surface area contributed by atoms with Crippen molar-refractivity contribution in [1.29, 1.82) is 10.7 Å². The van der Waals surface area contributed by atoms with Gasteiger partial charge in [-0.05, 0) is 39.8 Å². The summed E-state index contributed by atoms with van der Waals surface area (Å²) in [6.45, 7) is 7.24. The molecule has 1 aromatic rings. The summed E-state index contributed by atoms with van der Waals surface area (Å²) in [5.74, 6) is -1.61. The van der Waals surface area contributed by atoms with Gasteiger partial charge in [-0.15, -0.1) is 0 Å². The average molecular weight is 376 g/mol. The summed E-state index contributed by atoms with van der Waals surface area (Å²) in [5.41, 5.74) is 0.0233. The Balaban J connectivity index is 3.07. The summed E-state index contributed by atoms with van der Waals surface area (Å²) < 4.78 is 21.6. The molecule has 0 aromatic heterocycles. The van der Waals surface area contributed by atoms with Gasteiger partial charge in [0.05, 0.1) is 31.5 Å². The van der Waals surface area contributed by atoms with Gasteiger partial charge in [0.15, 0.2) is 23.9 Å². The number of benzene rings is 1. The number of nitrogens with one attached hydrogen (secondary N) is 1. The van der Waals surface area contributed by atoms with Crippen molar-refractivity contribution in [2.75, 3.05) is 26.4 Å². The number of esters is 1. The molecule has 0 unspecified atom stereocenters. The van der Waals surface area contributed by atoms with Crippen molar-refractivity contribution in [3.8, 4) is 23.3 Å². The highest BCUT2D eigenvalue weighted by atomic mass is 16.5. The fourth-order valence-electron chi connectivity index (χ4n) is 2.22. The van der Waals surface area contributed by atoms with Crippen LogP contribution in [-0.4, -0.2) is 43.9 Å². The number of Topliss-reactive ketones (excluding diaryl/α,β-unsaturated/α-hetero) is 1. The van der Waals surface area contributed by atoms with Crippen LogP contribution in [0.3, 0.4) is 0 Å². The van der Waals surface area contributed by atoms with Crippen LogP contribution in [0, 0.1) is 22.7 Å². The molecule has 0 amide bonds. The van der Waals surface area contributed by atoms with Crippen molar-refractivity contribution in [3.63, 3.8) is 0 Å². The number of ketones is 1. The lowest BCUT2D eigenvalue weighted by Crippen LogP contribution is -2.25. The van der Waals surface area contributed by atoms with Gasteiger partial charge in [0.1, 0.15) is 5.92 Å². The molecule has 0 aliphatic carbocycles. The summed E-state index contributed by atoms with van der Waals surface area (Å²) in [7, 11) is 0. The molecule has 1 aromatic carbocycles. The Labute approximate surface area is 158 Å². The van der Waals surface area contributed by atoms with Crippen LogP contribution < -0.4 is 14.2 Å². The fourth-order valence-corrected chi connectivity index (χ4v) is 2.22. The topological polar surface area (TPSA) is 119 Å². The second kappa shape index (κ2) is 10.8. The monoisotopic (exact) mass is 376 g/mol. The molecule has 1 N–H and O–H groups in total. The number of carbonyl (C=O) groups excluding carboxylic acids is 2. The van der Waals surface area contributed by atoms with Gasteiger partial charge in [0.25, 0.3) is 0 Å². The predicted molar refractivity (Wildman–Crippen MR) is 97.7 cm³/mol. The molecule has 0 spiro atoms. The Morgan fingerprint density at radius 2 is 1.59 bits per heavy atom. The summed E-state index contributed by atoms with van der Waals surface area (Å²) in [6.07, 6.45) is 0. The van der Waals surface area contributed by atoms with Crippen LogP contribution in [0.25, 0.3) is 0 Å². The molecule has 1 atom stereocenters. The van der Waals surface area contributed by atoms with Gasteiger partial charge in [-0.2, -0.15) is 5.26 Å². The van der Waals surface area contributed by atoms with Crippen LogP contribution in [0.4, 0.5) is 0 Å².